The van der Waals surface area contributed by atoms with Crippen LogP contribution in [0.3, 0.4) is 0 Å². The van der Waals surface area contributed by atoms with Crippen molar-refractivity contribution in [1.29, 1.82) is 0 Å². The van der Waals surface area contributed by atoms with Crippen LogP contribution in [0.2, 0.25) is 0 Å². The zero-order chi connectivity index (χ0) is 14.4. The summed E-state index contributed by atoms with van der Waals surface area (Å²) in [6.45, 7) is 5.56. The Labute approximate surface area is 144 Å². The molecule has 4 nitrogen and oxygen atoms in total. The molecule has 0 aliphatic heterocycles. The number of halogens is 1. The Kier molecular flexibility index (Phi) is 8.03. The predicted molar refractivity (Wildman–Crippen MR) is 98.1 cm³/mol. The van der Waals surface area contributed by atoms with Crippen molar-refractivity contribution in [2.24, 2.45) is 4.99 Å². The molecule has 0 radical (unpaired) electrons. The van der Waals surface area contributed by atoms with E-state index in [4.69, 9.17) is 4.74 Å². The fourth-order valence-corrected chi connectivity index (χ4v) is 1.89. The van der Waals surface area contributed by atoms with Crippen LogP contribution in [-0.2, 0) is 17.9 Å². The molecule has 0 atom stereocenters. The van der Waals surface area contributed by atoms with Crippen LogP contribution >= 0.6 is 24.0 Å². The van der Waals surface area contributed by atoms with Gasteiger partial charge >= 0.3 is 0 Å². The van der Waals surface area contributed by atoms with Crippen molar-refractivity contribution in [3.63, 3.8) is 0 Å². The minimum Gasteiger partial charge on any atom is -0.374 e. The summed E-state index contributed by atoms with van der Waals surface area (Å²) in [5.74, 6) is 0.885. The van der Waals surface area contributed by atoms with E-state index in [0.717, 1.165) is 12.5 Å². The lowest BCUT2D eigenvalue weighted by molar-refractivity contribution is 0.0657. The topological polar surface area (TPSA) is 45.7 Å². The van der Waals surface area contributed by atoms with Crippen LogP contribution < -0.4 is 10.6 Å². The molecule has 1 aliphatic carbocycles. The third-order valence-electron chi connectivity index (χ3n) is 3.18. The first-order valence-corrected chi connectivity index (χ1v) is 7.34. The van der Waals surface area contributed by atoms with Gasteiger partial charge in [0.2, 0.25) is 0 Å². The fraction of sp³-hybridized carbons (Fsp3) is 0.562. The number of aliphatic imine (C=N–C) groups is 1. The molecule has 1 fully saturated rings. The molecule has 2 rings (SSSR count). The number of ether oxygens (including phenoxy) is 1. The van der Waals surface area contributed by atoms with Gasteiger partial charge in [-0.15, -0.1) is 24.0 Å². The van der Waals surface area contributed by atoms with Gasteiger partial charge in [0.05, 0.1) is 12.7 Å². The van der Waals surface area contributed by atoms with E-state index >= 15 is 0 Å². The zero-order valence-electron chi connectivity index (χ0n) is 13.1. The van der Waals surface area contributed by atoms with E-state index in [-0.39, 0.29) is 30.1 Å². The summed E-state index contributed by atoms with van der Waals surface area (Å²) in [5.41, 5.74) is 2.46. The van der Waals surface area contributed by atoms with Crippen LogP contribution in [0.5, 0.6) is 0 Å². The molecule has 118 valence electrons. The second kappa shape index (κ2) is 9.25. The molecule has 0 spiro atoms. The lowest BCUT2D eigenvalue weighted by atomic mass is 10.1. The first kappa shape index (κ1) is 18.2. The number of hydrogen-bond donors (Lipinski definition) is 2. The quantitative estimate of drug-likeness (QED) is 0.436. The van der Waals surface area contributed by atoms with E-state index < -0.39 is 0 Å². The van der Waals surface area contributed by atoms with Crippen LogP contribution in [0.15, 0.2) is 29.3 Å². The van der Waals surface area contributed by atoms with Crippen LogP contribution in [0.1, 0.15) is 37.8 Å². The maximum Gasteiger partial charge on any atom is 0.191 e. The minimum atomic E-state index is 0. The highest BCUT2D eigenvalue weighted by Gasteiger charge is 2.21. The van der Waals surface area contributed by atoms with Gasteiger partial charge in [-0.1, -0.05) is 24.3 Å². The molecular weight excluding hydrogens is 377 g/mol. The lowest BCUT2D eigenvalue weighted by Gasteiger charge is -2.12. The van der Waals surface area contributed by atoms with E-state index in [9.17, 15) is 0 Å². The van der Waals surface area contributed by atoms with Crippen molar-refractivity contribution >= 4 is 29.9 Å². The number of benzene rings is 1. The van der Waals surface area contributed by atoms with Gasteiger partial charge in [0, 0.05) is 19.6 Å². The second-order valence-electron chi connectivity index (χ2n) is 5.52. The SMILES string of the molecule is CN=C(NCc1cccc(COC(C)C)c1)NC1CC1.I. The first-order valence-electron chi connectivity index (χ1n) is 7.34. The molecule has 0 unspecified atom stereocenters. The number of nitrogens with zero attached hydrogens (tertiary/aromatic N) is 1. The molecule has 0 heterocycles. The van der Waals surface area contributed by atoms with Crippen molar-refractivity contribution < 1.29 is 4.74 Å². The maximum atomic E-state index is 5.63. The van der Waals surface area contributed by atoms with Gasteiger partial charge in [0.25, 0.3) is 0 Å². The Hall–Kier alpha value is -0.820. The predicted octanol–water partition coefficient (Wildman–Crippen LogP) is 3.06. The van der Waals surface area contributed by atoms with E-state index in [2.05, 4.69) is 53.7 Å². The summed E-state index contributed by atoms with van der Waals surface area (Å²) in [6, 6.07) is 9.10. The molecule has 0 amide bonds. The van der Waals surface area contributed by atoms with Crippen LogP contribution in [0, 0.1) is 0 Å². The summed E-state index contributed by atoms with van der Waals surface area (Å²) in [4.78, 5) is 4.23. The Balaban J connectivity index is 0.00000220. The lowest BCUT2D eigenvalue weighted by Crippen LogP contribution is -2.38. The van der Waals surface area contributed by atoms with Crippen molar-refractivity contribution in [3.8, 4) is 0 Å². The van der Waals surface area contributed by atoms with E-state index in [1.165, 1.54) is 24.0 Å². The average molecular weight is 403 g/mol. The van der Waals surface area contributed by atoms with Gasteiger partial charge in [-0.05, 0) is 37.8 Å². The largest absolute Gasteiger partial charge is 0.374 e. The smallest absolute Gasteiger partial charge is 0.191 e. The number of guanidine groups is 1. The molecule has 1 saturated carbocycles. The monoisotopic (exact) mass is 403 g/mol. The van der Waals surface area contributed by atoms with E-state index in [1.54, 1.807) is 0 Å². The van der Waals surface area contributed by atoms with Gasteiger partial charge in [-0.3, -0.25) is 4.99 Å². The Morgan fingerprint density at radius 1 is 1.33 bits per heavy atom. The molecule has 1 aromatic rings. The molecule has 2 N–H and O–H groups in total. The summed E-state index contributed by atoms with van der Waals surface area (Å²) in [5, 5.41) is 6.73. The Bertz CT molecular complexity index is 459. The summed E-state index contributed by atoms with van der Waals surface area (Å²) in [7, 11) is 1.81. The van der Waals surface area contributed by atoms with Crippen molar-refractivity contribution in [1.82, 2.24) is 10.6 Å². The third kappa shape index (κ3) is 7.13. The van der Waals surface area contributed by atoms with Crippen molar-refractivity contribution in [2.45, 2.75) is 52.0 Å². The average Bonchev–Trinajstić information content (AvgIpc) is 3.25. The maximum absolute atomic E-state index is 5.63. The van der Waals surface area contributed by atoms with Gasteiger partial charge < -0.3 is 15.4 Å². The highest BCUT2D eigenvalue weighted by molar-refractivity contribution is 14.0. The molecule has 1 aromatic carbocycles. The molecule has 0 saturated heterocycles. The zero-order valence-corrected chi connectivity index (χ0v) is 15.4. The Morgan fingerprint density at radius 2 is 2.05 bits per heavy atom. The molecule has 5 heteroatoms. The van der Waals surface area contributed by atoms with Crippen molar-refractivity contribution in [2.75, 3.05) is 7.05 Å². The van der Waals surface area contributed by atoms with Gasteiger partial charge in [-0.2, -0.15) is 0 Å². The van der Waals surface area contributed by atoms with Crippen LogP contribution in [-0.4, -0.2) is 25.2 Å². The van der Waals surface area contributed by atoms with Gasteiger partial charge in [0.1, 0.15) is 0 Å². The highest BCUT2D eigenvalue weighted by Crippen LogP contribution is 2.18. The molecule has 1 aliphatic rings. The summed E-state index contributed by atoms with van der Waals surface area (Å²) < 4.78 is 5.63. The third-order valence-corrected chi connectivity index (χ3v) is 3.18. The number of hydrogen-bond acceptors (Lipinski definition) is 2. The van der Waals surface area contributed by atoms with Gasteiger partial charge in [0.15, 0.2) is 5.96 Å². The molecule has 21 heavy (non-hydrogen) atoms. The number of nitrogens with one attached hydrogen (secondary N) is 2. The van der Waals surface area contributed by atoms with Crippen LogP contribution in [0.4, 0.5) is 0 Å². The fourth-order valence-electron chi connectivity index (χ4n) is 1.89. The molecular formula is C16H26IN3O. The molecule has 0 bridgehead atoms. The van der Waals surface area contributed by atoms with E-state index in [0.29, 0.717) is 12.6 Å². The Morgan fingerprint density at radius 3 is 2.67 bits per heavy atom. The summed E-state index contributed by atoms with van der Waals surface area (Å²) >= 11 is 0. The summed E-state index contributed by atoms with van der Waals surface area (Å²) in [6.07, 6.45) is 2.77. The number of rotatable bonds is 6. The van der Waals surface area contributed by atoms with Crippen molar-refractivity contribution in [3.05, 3.63) is 35.4 Å². The van der Waals surface area contributed by atoms with Crippen LogP contribution in [0.25, 0.3) is 0 Å². The second-order valence-corrected chi connectivity index (χ2v) is 5.52. The molecule has 0 aromatic heterocycles. The van der Waals surface area contributed by atoms with E-state index in [1.807, 2.05) is 7.05 Å². The normalized spacial score (nSPS) is 14.8. The standard InChI is InChI=1S/C16H25N3O.HI/c1-12(2)20-11-14-6-4-5-13(9-14)10-18-16(17-3)19-15-7-8-15;/h4-6,9,12,15H,7-8,10-11H2,1-3H3,(H2,17,18,19);1H. The minimum absolute atomic E-state index is 0. The van der Waals surface area contributed by atoms with Gasteiger partial charge in [-0.25, -0.2) is 0 Å². The highest BCUT2D eigenvalue weighted by atomic mass is 127. The first-order chi connectivity index (χ1) is 9.67.